The molecule has 0 saturated carbocycles. The number of hydrogen-bond donors (Lipinski definition) is 1. The van der Waals surface area contributed by atoms with E-state index in [1.807, 2.05) is 13.8 Å². The summed E-state index contributed by atoms with van der Waals surface area (Å²) < 4.78 is 0. The molecule has 14 heavy (non-hydrogen) atoms. The second-order valence-electron chi connectivity index (χ2n) is 2.77. The predicted octanol–water partition coefficient (Wildman–Crippen LogP) is 0.541. The average Bonchev–Trinajstić information content (AvgIpc) is 2.20. The van der Waals surface area contributed by atoms with Crippen LogP contribution in [0.1, 0.15) is 24.3 Å². The molecule has 0 bridgehead atoms. The van der Waals surface area contributed by atoms with Crippen molar-refractivity contribution < 1.29 is 4.79 Å². The van der Waals surface area contributed by atoms with Crippen LogP contribution in [0, 0.1) is 0 Å². The monoisotopic (exact) mass is 194 g/mol. The van der Waals surface area contributed by atoms with Gasteiger partial charge < -0.3 is 10.6 Å². The van der Waals surface area contributed by atoms with Gasteiger partial charge >= 0.3 is 0 Å². The second kappa shape index (κ2) is 4.55. The Kier molecular flexibility index (Phi) is 3.39. The Morgan fingerprint density at radius 2 is 1.93 bits per heavy atom. The van der Waals surface area contributed by atoms with E-state index in [-0.39, 0.29) is 17.4 Å². The van der Waals surface area contributed by atoms with Crippen LogP contribution in [0.4, 0.5) is 5.82 Å². The van der Waals surface area contributed by atoms with Crippen molar-refractivity contribution in [3.63, 3.8) is 0 Å². The Morgan fingerprint density at radius 1 is 1.36 bits per heavy atom. The highest BCUT2D eigenvalue weighted by Gasteiger charge is 2.16. The third kappa shape index (κ3) is 1.99. The van der Waals surface area contributed by atoms with Crippen LogP contribution in [0.15, 0.2) is 12.4 Å². The van der Waals surface area contributed by atoms with Crippen LogP contribution >= 0.6 is 0 Å². The minimum atomic E-state index is -0.166. The van der Waals surface area contributed by atoms with Gasteiger partial charge in [0.05, 0.1) is 0 Å². The zero-order valence-electron chi connectivity index (χ0n) is 8.40. The number of aromatic nitrogens is 2. The normalized spacial score (nSPS) is 9.86. The Balaban J connectivity index is 2.94. The number of carbonyl (C=O) groups excluding carboxylic acids is 1. The number of nitrogens with two attached hydrogens (primary N) is 1. The summed E-state index contributed by atoms with van der Waals surface area (Å²) in [7, 11) is 0. The first kappa shape index (κ1) is 10.4. The van der Waals surface area contributed by atoms with Gasteiger partial charge in [-0.05, 0) is 13.8 Å². The van der Waals surface area contributed by atoms with E-state index in [1.165, 1.54) is 12.4 Å². The van der Waals surface area contributed by atoms with Gasteiger partial charge in [-0.25, -0.2) is 9.97 Å². The molecule has 0 atom stereocenters. The van der Waals surface area contributed by atoms with Gasteiger partial charge in [-0.15, -0.1) is 0 Å². The van der Waals surface area contributed by atoms with Crippen LogP contribution in [-0.2, 0) is 0 Å². The summed E-state index contributed by atoms with van der Waals surface area (Å²) in [6, 6.07) is 0. The number of nitrogen functional groups attached to an aromatic ring is 1. The van der Waals surface area contributed by atoms with Gasteiger partial charge in [-0.2, -0.15) is 0 Å². The van der Waals surface area contributed by atoms with E-state index in [9.17, 15) is 4.79 Å². The minimum Gasteiger partial charge on any atom is -0.382 e. The Morgan fingerprint density at radius 3 is 2.43 bits per heavy atom. The minimum absolute atomic E-state index is 0.166. The maximum Gasteiger partial charge on any atom is 0.276 e. The van der Waals surface area contributed by atoms with Crippen molar-refractivity contribution in [2.45, 2.75) is 13.8 Å². The van der Waals surface area contributed by atoms with E-state index in [0.29, 0.717) is 13.1 Å². The molecule has 1 heterocycles. The molecule has 0 aliphatic carbocycles. The van der Waals surface area contributed by atoms with Crippen LogP contribution < -0.4 is 5.73 Å². The fraction of sp³-hybridized carbons (Fsp3) is 0.444. The highest BCUT2D eigenvalue weighted by Crippen LogP contribution is 2.06. The lowest BCUT2D eigenvalue weighted by Crippen LogP contribution is -2.31. The SMILES string of the molecule is CCN(CC)C(=O)c1nccnc1N. The molecule has 76 valence electrons. The van der Waals surface area contributed by atoms with Crippen molar-refractivity contribution in [1.82, 2.24) is 14.9 Å². The third-order valence-electron chi connectivity index (χ3n) is 1.98. The summed E-state index contributed by atoms with van der Waals surface area (Å²) >= 11 is 0. The first-order chi connectivity index (χ1) is 6.70. The molecule has 1 amide bonds. The number of amides is 1. The fourth-order valence-corrected chi connectivity index (χ4v) is 1.17. The summed E-state index contributed by atoms with van der Waals surface area (Å²) in [6.07, 6.45) is 2.93. The summed E-state index contributed by atoms with van der Waals surface area (Å²) in [5.74, 6) is 0.0185. The van der Waals surface area contributed by atoms with Crippen LogP contribution in [-0.4, -0.2) is 33.9 Å². The molecule has 0 saturated heterocycles. The molecule has 5 nitrogen and oxygen atoms in total. The largest absolute Gasteiger partial charge is 0.382 e. The van der Waals surface area contributed by atoms with Gasteiger partial charge in [0, 0.05) is 25.5 Å². The van der Waals surface area contributed by atoms with E-state index in [1.54, 1.807) is 4.90 Å². The molecular weight excluding hydrogens is 180 g/mol. The lowest BCUT2D eigenvalue weighted by atomic mass is 10.3. The smallest absolute Gasteiger partial charge is 0.276 e. The van der Waals surface area contributed by atoms with Crippen molar-refractivity contribution >= 4 is 11.7 Å². The van der Waals surface area contributed by atoms with Gasteiger partial charge in [0.15, 0.2) is 11.5 Å². The highest BCUT2D eigenvalue weighted by atomic mass is 16.2. The molecule has 5 heteroatoms. The summed E-state index contributed by atoms with van der Waals surface area (Å²) in [5, 5.41) is 0. The summed E-state index contributed by atoms with van der Waals surface area (Å²) in [6.45, 7) is 5.11. The average molecular weight is 194 g/mol. The molecule has 1 aromatic heterocycles. The van der Waals surface area contributed by atoms with Gasteiger partial charge in [0.25, 0.3) is 5.91 Å². The van der Waals surface area contributed by atoms with E-state index in [2.05, 4.69) is 9.97 Å². The topological polar surface area (TPSA) is 72.1 Å². The molecule has 0 unspecified atom stereocenters. The standard InChI is InChI=1S/C9H14N4O/c1-3-13(4-2)9(14)7-8(10)12-6-5-11-7/h5-6H,3-4H2,1-2H3,(H2,10,12). The molecule has 0 radical (unpaired) electrons. The molecule has 1 aromatic rings. The number of hydrogen-bond acceptors (Lipinski definition) is 4. The quantitative estimate of drug-likeness (QED) is 0.762. The van der Waals surface area contributed by atoms with E-state index >= 15 is 0 Å². The summed E-state index contributed by atoms with van der Waals surface area (Å²) in [4.78, 5) is 21.2. The van der Waals surface area contributed by atoms with Crippen molar-refractivity contribution in [2.75, 3.05) is 18.8 Å². The maximum absolute atomic E-state index is 11.8. The molecular formula is C9H14N4O. The zero-order chi connectivity index (χ0) is 10.6. The van der Waals surface area contributed by atoms with Crippen molar-refractivity contribution in [3.05, 3.63) is 18.1 Å². The van der Waals surface area contributed by atoms with Gasteiger partial charge in [0.2, 0.25) is 0 Å². The molecule has 0 aliphatic rings. The maximum atomic E-state index is 11.8. The van der Waals surface area contributed by atoms with Crippen LogP contribution in [0.25, 0.3) is 0 Å². The molecule has 0 aliphatic heterocycles. The lowest BCUT2D eigenvalue weighted by Gasteiger charge is -2.18. The van der Waals surface area contributed by atoms with E-state index in [4.69, 9.17) is 5.73 Å². The van der Waals surface area contributed by atoms with Gasteiger partial charge in [0.1, 0.15) is 0 Å². The molecule has 2 N–H and O–H groups in total. The first-order valence-corrected chi connectivity index (χ1v) is 4.56. The van der Waals surface area contributed by atoms with Gasteiger partial charge in [-0.1, -0.05) is 0 Å². The van der Waals surface area contributed by atoms with E-state index in [0.717, 1.165) is 0 Å². The van der Waals surface area contributed by atoms with Crippen molar-refractivity contribution in [2.24, 2.45) is 0 Å². The van der Waals surface area contributed by atoms with Crippen LogP contribution in [0.2, 0.25) is 0 Å². The zero-order valence-corrected chi connectivity index (χ0v) is 8.40. The van der Waals surface area contributed by atoms with Crippen LogP contribution in [0.5, 0.6) is 0 Å². The molecule has 0 fully saturated rings. The Labute approximate surface area is 83.0 Å². The molecule has 0 aromatic carbocycles. The fourth-order valence-electron chi connectivity index (χ4n) is 1.17. The number of carbonyl (C=O) groups is 1. The molecule has 0 spiro atoms. The Hall–Kier alpha value is -1.65. The van der Waals surface area contributed by atoms with Crippen molar-refractivity contribution in [1.29, 1.82) is 0 Å². The predicted molar refractivity (Wildman–Crippen MR) is 53.7 cm³/mol. The highest BCUT2D eigenvalue weighted by molar-refractivity contribution is 5.96. The lowest BCUT2D eigenvalue weighted by molar-refractivity contribution is 0.0768. The molecule has 1 rings (SSSR count). The van der Waals surface area contributed by atoms with Gasteiger partial charge in [-0.3, -0.25) is 4.79 Å². The first-order valence-electron chi connectivity index (χ1n) is 4.56. The summed E-state index contributed by atoms with van der Waals surface area (Å²) in [5.41, 5.74) is 5.78. The van der Waals surface area contributed by atoms with Crippen LogP contribution in [0.3, 0.4) is 0 Å². The number of anilines is 1. The van der Waals surface area contributed by atoms with Crippen molar-refractivity contribution in [3.8, 4) is 0 Å². The second-order valence-corrected chi connectivity index (χ2v) is 2.77. The van der Waals surface area contributed by atoms with E-state index < -0.39 is 0 Å². The number of rotatable bonds is 3. The Bertz CT molecular complexity index is 322. The number of nitrogens with zero attached hydrogens (tertiary/aromatic N) is 3. The third-order valence-corrected chi connectivity index (χ3v) is 1.98.